The van der Waals surface area contributed by atoms with Crippen molar-refractivity contribution in [1.29, 1.82) is 0 Å². The Morgan fingerprint density at radius 1 is 1.10 bits per heavy atom. The van der Waals surface area contributed by atoms with Gasteiger partial charge >= 0.3 is 12.1 Å². The number of rotatable bonds is 2. The lowest BCUT2D eigenvalue weighted by molar-refractivity contribution is 0.0297. The lowest BCUT2D eigenvalue weighted by Crippen LogP contribution is -2.41. The van der Waals surface area contributed by atoms with Crippen LogP contribution in [-0.4, -0.2) is 29.2 Å². The summed E-state index contributed by atoms with van der Waals surface area (Å²) in [6, 6.07) is 4.80. The molecule has 1 saturated heterocycles. The summed E-state index contributed by atoms with van der Waals surface area (Å²) in [4.78, 5) is 27.6. The van der Waals surface area contributed by atoms with E-state index in [0.29, 0.717) is 0 Å². The molecule has 5 nitrogen and oxygen atoms in total. The van der Waals surface area contributed by atoms with Gasteiger partial charge in [-0.05, 0) is 73.1 Å². The normalized spacial score (nSPS) is 17.1. The summed E-state index contributed by atoms with van der Waals surface area (Å²) in [5, 5.41) is 0. The molecule has 1 aliphatic rings. The number of benzene rings is 2. The summed E-state index contributed by atoms with van der Waals surface area (Å²) < 4.78 is 47.6. The maximum Gasteiger partial charge on any atom is 0.419 e. The van der Waals surface area contributed by atoms with Gasteiger partial charge in [0, 0.05) is 11.3 Å². The number of amides is 3. The predicted octanol–water partition coefficient (Wildman–Crippen LogP) is 5.78. The van der Waals surface area contributed by atoms with E-state index in [9.17, 15) is 22.8 Å². The SMILES string of the molecule is CC(C)(C)OC(=O)N1C(=O)N(c2ccc(Br)c(F)c2)CC1c1cc(F)ccc1F. The molecule has 2 aromatic carbocycles. The molecular weight excluding hydrogens is 453 g/mol. The van der Waals surface area contributed by atoms with E-state index < -0.39 is 41.2 Å². The Hall–Kier alpha value is -2.55. The average Bonchev–Trinajstić information content (AvgIpc) is 2.95. The fraction of sp³-hybridized carbons (Fsp3) is 0.300. The van der Waals surface area contributed by atoms with Gasteiger partial charge in [0.2, 0.25) is 0 Å². The number of anilines is 1. The van der Waals surface area contributed by atoms with E-state index in [1.807, 2.05) is 0 Å². The van der Waals surface area contributed by atoms with Crippen LogP contribution < -0.4 is 4.90 Å². The Bertz CT molecular complexity index is 978. The van der Waals surface area contributed by atoms with Crippen molar-refractivity contribution in [1.82, 2.24) is 4.90 Å². The Labute approximate surface area is 174 Å². The molecule has 0 N–H and O–H groups in total. The van der Waals surface area contributed by atoms with E-state index in [4.69, 9.17) is 4.74 Å². The first-order chi connectivity index (χ1) is 13.5. The van der Waals surface area contributed by atoms with E-state index in [0.717, 1.165) is 34.1 Å². The number of hydrogen-bond acceptors (Lipinski definition) is 3. The van der Waals surface area contributed by atoms with E-state index in [2.05, 4.69) is 15.9 Å². The summed E-state index contributed by atoms with van der Waals surface area (Å²) in [6.07, 6.45) is -1.00. The Morgan fingerprint density at radius 2 is 1.79 bits per heavy atom. The number of nitrogens with zero attached hydrogens (tertiary/aromatic N) is 2. The second kappa shape index (κ2) is 7.70. The quantitative estimate of drug-likeness (QED) is 0.558. The largest absolute Gasteiger partial charge is 0.443 e. The van der Waals surface area contributed by atoms with Crippen LogP contribution in [0.15, 0.2) is 40.9 Å². The monoisotopic (exact) mass is 470 g/mol. The molecular formula is C20H18BrF3N2O3. The molecule has 3 rings (SSSR count). The number of carbonyl (C=O) groups is 2. The summed E-state index contributed by atoms with van der Waals surface area (Å²) in [5.74, 6) is -2.10. The van der Waals surface area contributed by atoms with Crippen molar-refractivity contribution >= 4 is 33.7 Å². The molecule has 1 aliphatic heterocycles. The topological polar surface area (TPSA) is 49.9 Å². The second-order valence-corrected chi connectivity index (χ2v) is 8.38. The molecule has 154 valence electrons. The molecule has 0 aromatic heterocycles. The lowest BCUT2D eigenvalue weighted by Gasteiger charge is -2.26. The zero-order valence-corrected chi connectivity index (χ0v) is 17.5. The van der Waals surface area contributed by atoms with Crippen LogP contribution in [0.1, 0.15) is 32.4 Å². The van der Waals surface area contributed by atoms with Gasteiger partial charge in [0.1, 0.15) is 23.1 Å². The van der Waals surface area contributed by atoms with Crippen LogP contribution in [0.5, 0.6) is 0 Å². The van der Waals surface area contributed by atoms with Gasteiger partial charge in [-0.3, -0.25) is 4.90 Å². The Kier molecular flexibility index (Phi) is 5.62. The molecule has 0 spiro atoms. The van der Waals surface area contributed by atoms with Crippen molar-refractivity contribution in [3.8, 4) is 0 Å². The van der Waals surface area contributed by atoms with Gasteiger partial charge in [0.25, 0.3) is 0 Å². The molecule has 1 heterocycles. The maximum atomic E-state index is 14.4. The lowest BCUT2D eigenvalue weighted by atomic mass is 10.1. The number of imide groups is 1. The fourth-order valence-electron chi connectivity index (χ4n) is 2.99. The number of carbonyl (C=O) groups excluding carboxylic acids is 2. The molecule has 29 heavy (non-hydrogen) atoms. The Morgan fingerprint density at radius 3 is 2.41 bits per heavy atom. The highest BCUT2D eigenvalue weighted by Crippen LogP contribution is 2.36. The zero-order valence-electron chi connectivity index (χ0n) is 15.9. The molecule has 1 atom stereocenters. The minimum Gasteiger partial charge on any atom is -0.443 e. The third kappa shape index (κ3) is 4.39. The minimum atomic E-state index is -1.15. The van der Waals surface area contributed by atoms with E-state index in [1.165, 1.54) is 12.1 Å². The molecule has 3 amide bonds. The summed E-state index contributed by atoms with van der Waals surface area (Å²) in [7, 11) is 0. The average molecular weight is 471 g/mol. The summed E-state index contributed by atoms with van der Waals surface area (Å²) in [6.45, 7) is 4.65. The first-order valence-electron chi connectivity index (χ1n) is 8.71. The highest BCUT2D eigenvalue weighted by atomic mass is 79.9. The highest BCUT2D eigenvalue weighted by Gasteiger charge is 2.45. The van der Waals surface area contributed by atoms with Crippen molar-refractivity contribution in [3.05, 3.63) is 63.9 Å². The summed E-state index contributed by atoms with van der Waals surface area (Å²) >= 11 is 3.03. The standard InChI is InChI=1S/C20H18BrF3N2O3/c1-20(2,3)29-19(28)26-17(13-8-11(22)4-7-15(13)23)10-25(18(26)27)12-5-6-14(21)16(24)9-12/h4-9,17H,10H2,1-3H3. The van der Waals surface area contributed by atoms with Crippen molar-refractivity contribution < 1.29 is 27.5 Å². The molecule has 0 aliphatic carbocycles. The molecule has 0 radical (unpaired) electrons. The molecule has 1 fully saturated rings. The van der Waals surface area contributed by atoms with Crippen LogP contribution >= 0.6 is 15.9 Å². The van der Waals surface area contributed by atoms with Crippen LogP contribution in [-0.2, 0) is 4.74 Å². The zero-order chi connectivity index (χ0) is 21.5. The first kappa shape index (κ1) is 21.2. The number of ether oxygens (including phenoxy) is 1. The smallest absolute Gasteiger partial charge is 0.419 e. The fourth-order valence-corrected chi connectivity index (χ4v) is 3.24. The number of hydrogen-bond donors (Lipinski definition) is 0. The van der Waals surface area contributed by atoms with Gasteiger partial charge in [-0.25, -0.2) is 27.7 Å². The molecule has 0 saturated carbocycles. The van der Waals surface area contributed by atoms with Gasteiger partial charge in [-0.15, -0.1) is 0 Å². The highest BCUT2D eigenvalue weighted by molar-refractivity contribution is 9.10. The first-order valence-corrected chi connectivity index (χ1v) is 9.51. The van der Waals surface area contributed by atoms with Crippen LogP contribution in [0.25, 0.3) is 0 Å². The summed E-state index contributed by atoms with van der Waals surface area (Å²) in [5.41, 5.74) is -0.924. The van der Waals surface area contributed by atoms with Crippen LogP contribution in [0.4, 0.5) is 28.4 Å². The van der Waals surface area contributed by atoms with Crippen molar-refractivity contribution in [2.24, 2.45) is 0 Å². The van der Waals surface area contributed by atoms with Gasteiger partial charge in [0.15, 0.2) is 0 Å². The van der Waals surface area contributed by atoms with Crippen molar-refractivity contribution in [3.63, 3.8) is 0 Å². The van der Waals surface area contributed by atoms with E-state index in [-0.39, 0.29) is 22.3 Å². The predicted molar refractivity (Wildman–Crippen MR) is 104 cm³/mol. The van der Waals surface area contributed by atoms with Gasteiger partial charge in [-0.2, -0.15) is 0 Å². The third-order valence-electron chi connectivity index (χ3n) is 4.23. The molecule has 9 heteroatoms. The molecule has 1 unspecified atom stereocenters. The Balaban J connectivity index is 2.05. The van der Waals surface area contributed by atoms with Crippen molar-refractivity contribution in [2.75, 3.05) is 11.4 Å². The van der Waals surface area contributed by atoms with Crippen LogP contribution in [0, 0.1) is 17.5 Å². The number of halogens is 4. The van der Waals surface area contributed by atoms with Crippen LogP contribution in [0.2, 0.25) is 0 Å². The molecule has 2 aromatic rings. The van der Waals surface area contributed by atoms with E-state index >= 15 is 0 Å². The third-order valence-corrected chi connectivity index (χ3v) is 4.87. The second-order valence-electron chi connectivity index (χ2n) is 7.52. The van der Waals surface area contributed by atoms with Crippen LogP contribution in [0.3, 0.4) is 0 Å². The number of urea groups is 1. The van der Waals surface area contributed by atoms with Gasteiger partial charge < -0.3 is 4.74 Å². The van der Waals surface area contributed by atoms with Gasteiger partial charge in [-0.1, -0.05) is 0 Å². The van der Waals surface area contributed by atoms with Crippen molar-refractivity contribution in [2.45, 2.75) is 32.4 Å². The van der Waals surface area contributed by atoms with E-state index in [1.54, 1.807) is 20.8 Å². The maximum absolute atomic E-state index is 14.4. The van der Waals surface area contributed by atoms with Gasteiger partial charge in [0.05, 0.1) is 17.1 Å². The minimum absolute atomic E-state index is 0.170. The molecule has 0 bridgehead atoms.